The van der Waals surface area contributed by atoms with Gasteiger partial charge in [0.25, 0.3) is 5.91 Å². The Kier molecular flexibility index (Phi) is 4.75. The molecule has 0 aliphatic heterocycles. The zero-order valence-corrected chi connectivity index (χ0v) is 15.7. The number of ketones is 1. The molecule has 1 amide bonds. The normalized spacial score (nSPS) is 10.9. The molecule has 0 unspecified atom stereocenters. The van der Waals surface area contributed by atoms with Gasteiger partial charge in [-0.1, -0.05) is 12.1 Å². The van der Waals surface area contributed by atoms with Crippen molar-refractivity contribution in [1.82, 2.24) is 9.97 Å². The Morgan fingerprint density at radius 1 is 1.03 bits per heavy atom. The van der Waals surface area contributed by atoms with Crippen LogP contribution in [0.4, 0.5) is 8.78 Å². The van der Waals surface area contributed by atoms with Crippen molar-refractivity contribution < 1.29 is 23.1 Å². The predicted octanol–water partition coefficient (Wildman–Crippen LogP) is 3.85. The monoisotopic (exact) mass is 407 g/mol. The first-order valence-electron chi connectivity index (χ1n) is 8.84. The molecule has 2 aromatic heterocycles. The molecule has 2 heterocycles. The highest BCUT2D eigenvalue weighted by Crippen LogP contribution is 2.29. The van der Waals surface area contributed by atoms with Crippen LogP contribution in [0.3, 0.4) is 0 Å². The maximum Gasteiger partial charge on any atom is 0.251 e. The molecule has 6 nitrogen and oxygen atoms in total. The van der Waals surface area contributed by atoms with Gasteiger partial charge in [-0.25, -0.2) is 13.8 Å². The number of primary amides is 1. The van der Waals surface area contributed by atoms with E-state index in [9.17, 15) is 18.4 Å². The van der Waals surface area contributed by atoms with Gasteiger partial charge in [-0.15, -0.1) is 0 Å². The fourth-order valence-electron chi connectivity index (χ4n) is 3.22. The number of nitrogens with one attached hydrogen (secondary N) is 1. The van der Waals surface area contributed by atoms with Crippen molar-refractivity contribution in [2.75, 3.05) is 7.11 Å². The van der Waals surface area contributed by atoms with Gasteiger partial charge < -0.3 is 15.5 Å². The van der Waals surface area contributed by atoms with Crippen molar-refractivity contribution in [2.24, 2.45) is 5.73 Å². The first-order chi connectivity index (χ1) is 14.4. The highest BCUT2D eigenvalue weighted by molar-refractivity contribution is 6.17. The van der Waals surface area contributed by atoms with Gasteiger partial charge in [-0.05, 0) is 35.9 Å². The molecule has 3 N–H and O–H groups in total. The van der Waals surface area contributed by atoms with E-state index in [0.717, 1.165) is 17.7 Å². The van der Waals surface area contributed by atoms with E-state index >= 15 is 0 Å². The summed E-state index contributed by atoms with van der Waals surface area (Å²) in [6.45, 7) is 0. The summed E-state index contributed by atoms with van der Waals surface area (Å²) >= 11 is 0. The number of halogens is 2. The number of nitrogens with two attached hydrogens (primary N) is 1. The average molecular weight is 407 g/mol. The summed E-state index contributed by atoms with van der Waals surface area (Å²) in [5, 5.41) is 0.386. The van der Waals surface area contributed by atoms with E-state index in [-0.39, 0.29) is 5.56 Å². The van der Waals surface area contributed by atoms with E-state index < -0.39 is 34.5 Å². The lowest BCUT2D eigenvalue weighted by Gasteiger charge is -2.07. The van der Waals surface area contributed by atoms with Crippen LogP contribution >= 0.6 is 0 Å². The van der Waals surface area contributed by atoms with Crippen LogP contribution in [0.25, 0.3) is 22.2 Å². The summed E-state index contributed by atoms with van der Waals surface area (Å²) in [6.07, 6.45) is 2.94. The number of ether oxygens (including phenoxy) is 1. The van der Waals surface area contributed by atoms with E-state index in [1.807, 2.05) is 12.1 Å². The minimum Gasteiger partial charge on any atom is -0.497 e. The van der Waals surface area contributed by atoms with Crippen molar-refractivity contribution in [3.63, 3.8) is 0 Å². The Bertz CT molecular complexity index is 1300. The van der Waals surface area contributed by atoms with E-state index in [1.54, 1.807) is 31.5 Å². The van der Waals surface area contributed by atoms with Gasteiger partial charge in [0.2, 0.25) is 5.78 Å². The second-order valence-corrected chi connectivity index (χ2v) is 6.53. The molecule has 0 aliphatic rings. The van der Waals surface area contributed by atoms with Gasteiger partial charge in [0.05, 0.1) is 18.2 Å². The fourth-order valence-corrected chi connectivity index (χ4v) is 3.22. The van der Waals surface area contributed by atoms with Crippen LogP contribution in [-0.2, 0) is 0 Å². The number of rotatable bonds is 5. The number of carbonyl (C=O) groups is 2. The van der Waals surface area contributed by atoms with E-state index in [4.69, 9.17) is 10.5 Å². The van der Waals surface area contributed by atoms with Crippen LogP contribution in [0.2, 0.25) is 0 Å². The molecular formula is C22H15F2N3O3. The number of benzene rings is 2. The summed E-state index contributed by atoms with van der Waals surface area (Å²) in [5.41, 5.74) is 5.62. The summed E-state index contributed by atoms with van der Waals surface area (Å²) in [5.74, 6) is -3.71. The fraction of sp³-hybridized carbons (Fsp3) is 0.0455. The third-order valence-electron chi connectivity index (χ3n) is 4.78. The number of aromatic amines is 1. The van der Waals surface area contributed by atoms with Crippen LogP contribution in [0.1, 0.15) is 26.3 Å². The van der Waals surface area contributed by atoms with Gasteiger partial charge in [-0.3, -0.25) is 9.59 Å². The Labute approximate surface area is 169 Å². The standard InChI is InChI=1S/C22H15F2N3O3/c1-30-13-4-2-11(3-5-13)12-8-15-16(10-27-22(15)26-9-12)20(28)18-17(23)7-6-14(19(18)24)21(25)29/h2-10H,1H3,(H2,25,29)(H,26,27). The van der Waals surface area contributed by atoms with Gasteiger partial charge >= 0.3 is 0 Å². The Balaban J connectivity index is 1.83. The number of methoxy groups -OCH3 is 1. The Morgan fingerprint density at radius 3 is 2.43 bits per heavy atom. The smallest absolute Gasteiger partial charge is 0.251 e. The molecule has 0 atom stereocenters. The zero-order chi connectivity index (χ0) is 21.4. The zero-order valence-electron chi connectivity index (χ0n) is 15.7. The molecular weight excluding hydrogens is 392 g/mol. The Morgan fingerprint density at radius 2 is 1.77 bits per heavy atom. The van der Waals surface area contributed by atoms with Crippen LogP contribution in [0.15, 0.2) is 54.9 Å². The highest BCUT2D eigenvalue weighted by atomic mass is 19.1. The first kappa shape index (κ1) is 19.3. The molecule has 0 saturated heterocycles. The SMILES string of the molecule is COc1ccc(-c2cnc3[nH]cc(C(=O)c4c(F)ccc(C(N)=O)c4F)c3c2)cc1. The number of amides is 1. The third-order valence-corrected chi connectivity index (χ3v) is 4.78. The number of fused-ring (bicyclic) bond motifs is 1. The van der Waals surface area contributed by atoms with Crippen molar-refractivity contribution in [3.05, 3.63) is 83.2 Å². The van der Waals surface area contributed by atoms with Crippen LogP contribution in [0, 0.1) is 11.6 Å². The van der Waals surface area contributed by atoms with Crippen molar-refractivity contribution in [3.8, 4) is 16.9 Å². The summed E-state index contributed by atoms with van der Waals surface area (Å²) in [4.78, 5) is 31.5. The van der Waals surface area contributed by atoms with Crippen LogP contribution in [-0.4, -0.2) is 28.8 Å². The van der Waals surface area contributed by atoms with Crippen LogP contribution < -0.4 is 10.5 Å². The second kappa shape index (κ2) is 7.40. The number of carbonyl (C=O) groups excluding carboxylic acids is 2. The highest BCUT2D eigenvalue weighted by Gasteiger charge is 2.25. The summed E-state index contributed by atoms with van der Waals surface area (Å²) in [6, 6.07) is 10.7. The average Bonchev–Trinajstić information content (AvgIpc) is 3.16. The minimum absolute atomic E-state index is 0.0206. The lowest BCUT2D eigenvalue weighted by molar-refractivity contribution is 0.0996. The predicted molar refractivity (Wildman–Crippen MR) is 106 cm³/mol. The van der Waals surface area contributed by atoms with E-state index in [2.05, 4.69) is 9.97 Å². The van der Waals surface area contributed by atoms with Gasteiger partial charge in [0, 0.05) is 28.9 Å². The molecule has 0 saturated carbocycles. The molecule has 0 radical (unpaired) electrons. The number of H-pyrrole nitrogens is 1. The topological polar surface area (TPSA) is 98.1 Å². The van der Waals surface area contributed by atoms with Crippen molar-refractivity contribution >= 4 is 22.7 Å². The summed E-state index contributed by atoms with van der Waals surface area (Å²) < 4.78 is 34.1. The molecule has 0 bridgehead atoms. The molecule has 30 heavy (non-hydrogen) atoms. The van der Waals surface area contributed by atoms with Crippen molar-refractivity contribution in [2.45, 2.75) is 0 Å². The molecule has 4 rings (SSSR count). The van der Waals surface area contributed by atoms with Gasteiger partial charge in [0.1, 0.15) is 23.0 Å². The molecule has 4 aromatic rings. The largest absolute Gasteiger partial charge is 0.497 e. The van der Waals surface area contributed by atoms with E-state index in [0.29, 0.717) is 22.3 Å². The first-order valence-corrected chi connectivity index (χ1v) is 8.84. The number of aromatic nitrogens is 2. The second-order valence-electron chi connectivity index (χ2n) is 6.53. The van der Waals surface area contributed by atoms with E-state index in [1.165, 1.54) is 6.20 Å². The molecule has 2 aromatic carbocycles. The maximum atomic E-state index is 14.6. The number of hydrogen-bond donors (Lipinski definition) is 2. The third kappa shape index (κ3) is 3.18. The summed E-state index contributed by atoms with van der Waals surface area (Å²) in [7, 11) is 1.56. The molecule has 0 spiro atoms. The lowest BCUT2D eigenvalue weighted by Crippen LogP contribution is -2.17. The molecule has 0 aliphatic carbocycles. The lowest BCUT2D eigenvalue weighted by atomic mass is 9.98. The maximum absolute atomic E-state index is 14.6. The molecule has 0 fully saturated rings. The number of hydrogen-bond acceptors (Lipinski definition) is 4. The minimum atomic E-state index is -1.29. The number of nitrogens with zero attached hydrogens (tertiary/aromatic N) is 1. The quantitative estimate of drug-likeness (QED) is 0.491. The number of pyridine rings is 1. The van der Waals surface area contributed by atoms with Gasteiger partial charge in [0.15, 0.2) is 0 Å². The van der Waals surface area contributed by atoms with Gasteiger partial charge in [-0.2, -0.15) is 0 Å². The molecule has 150 valence electrons. The van der Waals surface area contributed by atoms with Crippen molar-refractivity contribution in [1.29, 1.82) is 0 Å². The molecule has 8 heteroatoms. The Hall–Kier alpha value is -4.07. The van der Waals surface area contributed by atoms with Crippen LogP contribution in [0.5, 0.6) is 5.75 Å².